The van der Waals surface area contributed by atoms with Crippen LogP contribution in [0.25, 0.3) is 0 Å². The maximum absolute atomic E-state index is 11.5. The third-order valence-corrected chi connectivity index (χ3v) is 2.08. The lowest BCUT2D eigenvalue weighted by atomic mass is 10.2. The van der Waals surface area contributed by atoms with E-state index in [1.807, 2.05) is 26.0 Å². The molecule has 0 N–H and O–H groups in total. The maximum atomic E-state index is 11.5. The van der Waals surface area contributed by atoms with Gasteiger partial charge in [0.2, 0.25) is 0 Å². The van der Waals surface area contributed by atoms with Crippen LogP contribution < -0.4 is 9.47 Å². The summed E-state index contributed by atoms with van der Waals surface area (Å²) < 4.78 is 10.7. The van der Waals surface area contributed by atoms with Crippen LogP contribution in [0.5, 0.6) is 11.5 Å². The van der Waals surface area contributed by atoms with Gasteiger partial charge in [0.15, 0.2) is 11.5 Å². The predicted molar refractivity (Wildman–Crippen MR) is 62.8 cm³/mol. The molecule has 0 aliphatic rings. The van der Waals surface area contributed by atoms with E-state index in [9.17, 15) is 4.79 Å². The minimum atomic E-state index is -0.246. The van der Waals surface area contributed by atoms with Crippen molar-refractivity contribution in [3.8, 4) is 11.5 Å². The molecule has 0 aromatic heterocycles. The molecule has 0 unspecified atom stereocenters. The van der Waals surface area contributed by atoms with Crippen LogP contribution in [0.3, 0.4) is 0 Å². The summed E-state index contributed by atoms with van der Waals surface area (Å²) >= 11 is 0. The van der Waals surface area contributed by atoms with Gasteiger partial charge in [-0.05, 0) is 31.5 Å². The summed E-state index contributed by atoms with van der Waals surface area (Å²) in [6, 6.07) is 5.53. The number of aryl methyl sites for hydroxylation is 1. The highest BCUT2D eigenvalue weighted by molar-refractivity contribution is 5.75. The molecule has 0 spiro atoms. The van der Waals surface area contributed by atoms with Gasteiger partial charge in [-0.25, -0.2) is 0 Å². The van der Waals surface area contributed by atoms with Crippen LogP contribution in [0, 0.1) is 12.8 Å². The van der Waals surface area contributed by atoms with Crippen LogP contribution in [0.1, 0.15) is 26.3 Å². The zero-order valence-electron chi connectivity index (χ0n) is 10.2. The van der Waals surface area contributed by atoms with E-state index in [1.165, 1.54) is 0 Å². The van der Waals surface area contributed by atoms with Crippen molar-refractivity contribution in [3.05, 3.63) is 23.8 Å². The van der Waals surface area contributed by atoms with Gasteiger partial charge in [0.25, 0.3) is 0 Å². The molecule has 1 aromatic rings. The van der Waals surface area contributed by atoms with Crippen molar-refractivity contribution in [2.45, 2.75) is 27.7 Å². The molecule has 1 aromatic carbocycles. The van der Waals surface area contributed by atoms with Crippen molar-refractivity contribution >= 4 is 5.97 Å². The highest BCUT2D eigenvalue weighted by Gasteiger charge is 2.13. The molecule has 0 bridgehead atoms. The summed E-state index contributed by atoms with van der Waals surface area (Å²) in [6.45, 7) is 8.02. The standard InChI is InChI=1S/C13H18O3/c1-5-15-12-8-10(4)6-7-11(12)16-13(14)9(2)3/h6-9H,5H2,1-4H3. The number of carbonyl (C=O) groups is 1. The molecule has 0 fully saturated rings. The Kier molecular flexibility index (Phi) is 4.35. The molecule has 0 aliphatic heterocycles. The van der Waals surface area contributed by atoms with Crippen molar-refractivity contribution in [2.75, 3.05) is 6.61 Å². The summed E-state index contributed by atoms with van der Waals surface area (Å²) in [5.41, 5.74) is 1.08. The molecule has 0 amide bonds. The summed E-state index contributed by atoms with van der Waals surface area (Å²) in [4.78, 5) is 11.5. The fourth-order valence-electron chi connectivity index (χ4n) is 1.19. The normalized spacial score (nSPS) is 10.3. The highest BCUT2D eigenvalue weighted by atomic mass is 16.6. The van der Waals surface area contributed by atoms with Gasteiger partial charge in [0, 0.05) is 0 Å². The second kappa shape index (κ2) is 5.54. The van der Waals surface area contributed by atoms with Gasteiger partial charge in [-0.2, -0.15) is 0 Å². The third-order valence-electron chi connectivity index (χ3n) is 2.08. The first-order valence-electron chi connectivity index (χ1n) is 5.49. The molecule has 0 radical (unpaired) electrons. The average molecular weight is 222 g/mol. The average Bonchev–Trinajstić information content (AvgIpc) is 2.22. The van der Waals surface area contributed by atoms with E-state index in [4.69, 9.17) is 9.47 Å². The van der Waals surface area contributed by atoms with E-state index in [1.54, 1.807) is 19.9 Å². The molecule has 88 valence electrons. The molecular weight excluding hydrogens is 204 g/mol. The van der Waals surface area contributed by atoms with Crippen molar-refractivity contribution < 1.29 is 14.3 Å². The van der Waals surface area contributed by atoms with Crippen molar-refractivity contribution in [3.63, 3.8) is 0 Å². The number of ether oxygens (including phenoxy) is 2. The summed E-state index contributed by atoms with van der Waals surface area (Å²) in [7, 11) is 0. The Morgan fingerprint density at radius 1 is 1.31 bits per heavy atom. The smallest absolute Gasteiger partial charge is 0.313 e. The largest absolute Gasteiger partial charge is 0.490 e. The molecular formula is C13H18O3. The topological polar surface area (TPSA) is 35.5 Å². The van der Waals surface area contributed by atoms with E-state index in [0.717, 1.165) is 5.56 Å². The Hall–Kier alpha value is -1.51. The van der Waals surface area contributed by atoms with E-state index < -0.39 is 0 Å². The monoisotopic (exact) mass is 222 g/mol. The third kappa shape index (κ3) is 3.26. The maximum Gasteiger partial charge on any atom is 0.313 e. The van der Waals surface area contributed by atoms with Gasteiger partial charge in [-0.3, -0.25) is 4.79 Å². The first-order valence-corrected chi connectivity index (χ1v) is 5.49. The first kappa shape index (κ1) is 12.6. The summed E-state index contributed by atoms with van der Waals surface area (Å²) in [5.74, 6) is 0.725. The molecule has 1 rings (SSSR count). The molecule has 3 heteroatoms. The lowest BCUT2D eigenvalue weighted by Gasteiger charge is -2.12. The van der Waals surface area contributed by atoms with Gasteiger partial charge < -0.3 is 9.47 Å². The van der Waals surface area contributed by atoms with Crippen molar-refractivity contribution in [1.29, 1.82) is 0 Å². The Labute approximate surface area is 96.4 Å². The van der Waals surface area contributed by atoms with E-state index in [2.05, 4.69) is 0 Å². The summed E-state index contributed by atoms with van der Waals surface area (Å²) in [6.07, 6.45) is 0. The quantitative estimate of drug-likeness (QED) is 0.580. The van der Waals surface area contributed by atoms with Crippen LogP contribution in [-0.4, -0.2) is 12.6 Å². The van der Waals surface area contributed by atoms with E-state index in [0.29, 0.717) is 18.1 Å². The highest BCUT2D eigenvalue weighted by Crippen LogP contribution is 2.28. The molecule has 16 heavy (non-hydrogen) atoms. The number of esters is 1. The number of rotatable bonds is 4. The SMILES string of the molecule is CCOc1cc(C)ccc1OC(=O)C(C)C. The molecule has 0 heterocycles. The second-order valence-corrected chi connectivity index (χ2v) is 3.96. The minimum absolute atomic E-state index is 0.143. The Balaban J connectivity index is 2.90. The molecule has 0 aliphatic carbocycles. The van der Waals surface area contributed by atoms with Crippen LogP contribution in [0.15, 0.2) is 18.2 Å². The fourth-order valence-corrected chi connectivity index (χ4v) is 1.19. The molecule has 0 atom stereocenters. The van der Waals surface area contributed by atoms with Crippen LogP contribution in [0.2, 0.25) is 0 Å². The number of carbonyl (C=O) groups excluding carboxylic acids is 1. The Morgan fingerprint density at radius 2 is 2.00 bits per heavy atom. The van der Waals surface area contributed by atoms with Gasteiger partial charge in [0.05, 0.1) is 12.5 Å². The van der Waals surface area contributed by atoms with Gasteiger partial charge in [0.1, 0.15) is 0 Å². The van der Waals surface area contributed by atoms with Crippen LogP contribution in [-0.2, 0) is 4.79 Å². The number of hydrogen-bond acceptors (Lipinski definition) is 3. The number of benzene rings is 1. The van der Waals surface area contributed by atoms with Crippen molar-refractivity contribution in [2.24, 2.45) is 5.92 Å². The van der Waals surface area contributed by atoms with Crippen LogP contribution >= 0.6 is 0 Å². The predicted octanol–water partition coefficient (Wildman–Crippen LogP) is 2.96. The minimum Gasteiger partial charge on any atom is -0.490 e. The van der Waals surface area contributed by atoms with Gasteiger partial charge in [-0.1, -0.05) is 19.9 Å². The number of hydrogen-bond donors (Lipinski definition) is 0. The Bertz CT molecular complexity index is 369. The van der Waals surface area contributed by atoms with E-state index >= 15 is 0 Å². The second-order valence-electron chi connectivity index (χ2n) is 3.96. The zero-order chi connectivity index (χ0) is 12.1. The van der Waals surface area contributed by atoms with Crippen LogP contribution in [0.4, 0.5) is 0 Å². The summed E-state index contributed by atoms with van der Waals surface area (Å²) in [5, 5.41) is 0. The van der Waals surface area contributed by atoms with Gasteiger partial charge >= 0.3 is 5.97 Å². The molecule has 0 saturated carbocycles. The van der Waals surface area contributed by atoms with E-state index in [-0.39, 0.29) is 11.9 Å². The lowest BCUT2D eigenvalue weighted by Crippen LogP contribution is -2.15. The Morgan fingerprint density at radius 3 is 2.56 bits per heavy atom. The molecule has 0 saturated heterocycles. The molecule has 3 nitrogen and oxygen atoms in total. The lowest BCUT2D eigenvalue weighted by molar-refractivity contribution is -0.137. The zero-order valence-corrected chi connectivity index (χ0v) is 10.2. The first-order chi connectivity index (χ1) is 7.54. The van der Waals surface area contributed by atoms with Crippen molar-refractivity contribution in [1.82, 2.24) is 0 Å². The fraction of sp³-hybridized carbons (Fsp3) is 0.462. The van der Waals surface area contributed by atoms with Gasteiger partial charge in [-0.15, -0.1) is 0 Å².